The van der Waals surface area contributed by atoms with Gasteiger partial charge in [0.25, 0.3) is 0 Å². The van der Waals surface area contributed by atoms with E-state index in [1.54, 1.807) is 0 Å². The molecule has 0 aliphatic heterocycles. The van der Waals surface area contributed by atoms with Crippen molar-refractivity contribution in [2.75, 3.05) is 13.2 Å². The largest absolute Gasteiger partial charge is 0.394 e. The molecule has 32 heavy (non-hydrogen) atoms. The van der Waals surface area contributed by atoms with E-state index in [1.807, 2.05) is 0 Å². The van der Waals surface area contributed by atoms with Gasteiger partial charge in [0.1, 0.15) is 0 Å². The summed E-state index contributed by atoms with van der Waals surface area (Å²) < 4.78 is 12.7. The standard InChI is InChI=1S/C29H62O2Si/c1-5-9-11-13-15-17-18-19-21-23-25-27-29-32(30-7-3,31-8-4)28-26-24-22-20-16-14-12-10-6-2/h5-29H2,1-4H3. The molecule has 0 aromatic heterocycles. The summed E-state index contributed by atoms with van der Waals surface area (Å²) in [4.78, 5) is 0. The van der Waals surface area contributed by atoms with Crippen molar-refractivity contribution in [2.45, 2.75) is 175 Å². The highest BCUT2D eigenvalue weighted by atomic mass is 28.4. The van der Waals surface area contributed by atoms with Crippen LogP contribution in [0.1, 0.15) is 163 Å². The lowest BCUT2D eigenvalue weighted by Crippen LogP contribution is -2.42. The molecule has 0 heterocycles. The minimum atomic E-state index is -1.98. The van der Waals surface area contributed by atoms with Crippen LogP contribution in [0.3, 0.4) is 0 Å². The zero-order chi connectivity index (χ0) is 23.6. The van der Waals surface area contributed by atoms with Crippen LogP contribution in [0.5, 0.6) is 0 Å². The monoisotopic (exact) mass is 470 g/mol. The molecule has 194 valence electrons. The Bertz CT molecular complexity index is 342. The second kappa shape index (κ2) is 25.8. The lowest BCUT2D eigenvalue weighted by Gasteiger charge is -2.30. The van der Waals surface area contributed by atoms with Crippen LogP contribution in [-0.2, 0) is 8.85 Å². The van der Waals surface area contributed by atoms with Crippen LogP contribution in [0.25, 0.3) is 0 Å². The fraction of sp³-hybridized carbons (Fsp3) is 1.00. The maximum absolute atomic E-state index is 6.36. The van der Waals surface area contributed by atoms with E-state index < -0.39 is 8.56 Å². The quantitative estimate of drug-likeness (QED) is 0.0877. The Labute approximate surface area is 205 Å². The van der Waals surface area contributed by atoms with Crippen molar-refractivity contribution in [3.05, 3.63) is 0 Å². The van der Waals surface area contributed by atoms with Crippen LogP contribution in [0, 0.1) is 0 Å². The van der Waals surface area contributed by atoms with E-state index in [0.29, 0.717) is 0 Å². The summed E-state index contributed by atoms with van der Waals surface area (Å²) in [7, 11) is -1.98. The number of hydrogen-bond acceptors (Lipinski definition) is 2. The van der Waals surface area contributed by atoms with E-state index in [1.165, 1.54) is 147 Å². The summed E-state index contributed by atoms with van der Waals surface area (Å²) in [5, 5.41) is 0. The molecule has 0 radical (unpaired) electrons. The lowest BCUT2D eigenvalue weighted by atomic mass is 10.1. The summed E-state index contributed by atoms with van der Waals surface area (Å²) in [6.07, 6.45) is 29.5. The van der Waals surface area contributed by atoms with Gasteiger partial charge in [0.05, 0.1) is 0 Å². The van der Waals surface area contributed by atoms with Gasteiger partial charge in [-0.2, -0.15) is 0 Å². The highest BCUT2D eigenvalue weighted by Crippen LogP contribution is 2.26. The molecule has 0 fully saturated rings. The van der Waals surface area contributed by atoms with Gasteiger partial charge in [-0.3, -0.25) is 0 Å². The van der Waals surface area contributed by atoms with Gasteiger partial charge in [0, 0.05) is 13.2 Å². The molecule has 0 N–H and O–H groups in total. The minimum Gasteiger partial charge on any atom is -0.394 e. The molecule has 0 aliphatic rings. The average Bonchev–Trinajstić information content (AvgIpc) is 2.79. The van der Waals surface area contributed by atoms with Gasteiger partial charge in [0.15, 0.2) is 0 Å². The molecule has 0 aromatic rings. The van der Waals surface area contributed by atoms with Gasteiger partial charge < -0.3 is 8.85 Å². The van der Waals surface area contributed by atoms with Gasteiger partial charge >= 0.3 is 8.56 Å². The Balaban J connectivity index is 3.88. The molecule has 0 saturated heterocycles. The molecule has 0 bridgehead atoms. The van der Waals surface area contributed by atoms with Gasteiger partial charge in [-0.15, -0.1) is 0 Å². The van der Waals surface area contributed by atoms with E-state index >= 15 is 0 Å². The Morgan fingerprint density at radius 3 is 0.844 bits per heavy atom. The number of rotatable bonds is 27. The van der Waals surface area contributed by atoms with Crippen LogP contribution in [0.2, 0.25) is 12.1 Å². The zero-order valence-electron chi connectivity index (χ0n) is 23.0. The van der Waals surface area contributed by atoms with Gasteiger partial charge in [0.2, 0.25) is 0 Å². The van der Waals surface area contributed by atoms with Crippen molar-refractivity contribution in [1.82, 2.24) is 0 Å². The van der Waals surface area contributed by atoms with E-state index in [9.17, 15) is 0 Å². The molecule has 0 aromatic carbocycles. The molecule has 2 nitrogen and oxygen atoms in total. The van der Waals surface area contributed by atoms with E-state index in [-0.39, 0.29) is 0 Å². The van der Waals surface area contributed by atoms with Crippen molar-refractivity contribution < 1.29 is 8.85 Å². The third-order valence-electron chi connectivity index (χ3n) is 6.89. The maximum atomic E-state index is 6.36. The smallest absolute Gasteiger partial charge is 0.338 e. The van der Waals surface area contributed by atoms with Gasteiger partial charge in [-0.1, -0.05) is 149 Å². The highest BCUT2D eigenvalue weighted by Gasteiger charge is 2.35. The predicted octanol–water partition coefficient (Wildman–Crippen LogP) is 10.7. The topological polar surface area (TPSA) is 18.5 Å². The fourth-order valence-corrected chi connectivity index (χ4v) is 8.46. The first kappa shape index (κ1) is 32.1. The average molecular weight is 471 g/mol. The molecule has 0 aliphatic carbocycles. The number of unbranched alkanes of at least 4 members (excludes halogenated alkanes) is 19. The lowest BCUT2D eigenvalue weighted by molar-refractivity contribution is 0.180. The van der Waals surface area contributed by atoms with E-state index in [0.717, 1.165) is 13.2 Å². The molecule has 0 saturated carbocycles. The Kier molecular flexibility index (Phi) is 25.9. The third kappa shape index (κ3) is 20.7. The van der Waals surface area contributed by atoms with Crippen molar-refractivity contribution in [3.8, 4) is 0 Å². The summed E-state index contributed by atoms with van der Waals surface area (Å²) in [6, 6.07) is 2.42. The highest BCUT2D eigenvalue weighted by molar-refractivity contribution is 6.67. The molecule has 0 atom stereocenters. The van der Waals surface area contributed by atoms with Crippen molar-refractivity contribution >= 4 is 8.56 Å². The zero-order valence-corrected chi connectivity index (χ0v) is 24.0. The molecule has 0 spiro atoms. The molecule has 0 rings (SSSR count). The SMILES string of the molecule is CCCCCCCCCCCCCC[Si](CCCCCCCCCCC)(OCC)OCC. The number of hydrogen-bond donors (Lipinski definition) is 0. The Morgan fingerprint density at radius 1 is 0.344 bits per heavy atom. The molecule has 3 heteroatoms. The first-order chi connectivity index (χ1) is 15.7. The van der Waals surface area contributed by atoms with E-state index in [2.05, 4.69) is 27.7 Å². The van der Waals surface area contributed by atoms with Crippen molar-refractivity contribution in [1.29, 1.82) is 0 Å². The van der Waals surface area contributed by atoms with Crippen molar-refractivity contribution in [2.24, 2.45) is 0 Å². The molecule has 0 amide bonds. The van der Waals surface area contributed by atoms with Gasteiger partial charge in [-0.05, 0) is 25.9 Å². The maximum Gasteiger partial charge on any atom is 0.338 e. The third-order valence-corrected chi connectivity index (χ3v) is 10.7. The first-order valence-electron chi connectivity index (χ1n) is 15.0. The predicted molar refractivity (Wildman–Crippen MR) is 147 cm³/mol. The fourth-order valence-electron chi connectivity index (χ4n) is 4.92. The first-order valence-corrected chi connectivity index (χ1v) is 17.3. The minimum absolute atomic E-state index is 0.821. The molecular formula is C29H62O2Si. The Hall–Kier alpha value is 0.137. The molecular weight excluding hydrogens is 408 g/mol. The second-order valence-electron chi connectivity index (χ2n) is 9.99. The van der Waals surface area contributed by atoms with Crippen LogP contribution in [0.4, 0.5) is 0 Å². The summed E-state index contributed by atoms with van der Waals surface area (Å²) in [5.74, 6) is 0. The summed E-state index contributed by atoms with van der Waals surface area (Å²) >= 11 is 0. The van der Waals surface area contributed by atoms with Crippen molar-refractivity contribution in [3.63, 3.8) is 0 Å². The van der Waals surface area contributed by atoms with Crippen LogP contribution in [0.15, 0.2) is 0 Å². The van der Waals surface area contributed by atoms with Crippen LogP contribution >= 0.6 is 0 Å². The van der Waals surface area contributed by atoms with Crippen LogP contribution < -0.4 is 0 Å². The van der Waals surface area contributed by atoms with Crippen LogP contribution in [-0.4, -0.2) is 21.8 Å². The summed E-state index contributed by atoms with van der Waals surface area (Å²) in [5.41, 5.74) is 0. The molecule has 0 unspecified atom stereocenters. The Morgan fingerprint density at radius 2 is 0.594 bits per heavy atom. The van der Waals surface area contributed by atoms with E-state index in [4.69, 9.17) is 8.85 Å². The second-order valence-corrected chi connectivity index (χ2v) is 13.4. The summed E-state index contributed by atoms with van der Waals surface area (Å²) in [6.45, 7) is 10.5. The normalized spacial score (nSPS) is 12.0. The van der Waals surface area contributed by atoms with Gasteiger partial charge in [-0.25, -0.2) is 0 Å².